The van der Waals surface area contributed by atoms with E-state index in [1.807, 2.05) is 4.90 Å². The lowest BCUT2D eigenvalue weighted by Gasteiger charge is -2.29. The van der Waals surface area contributed by atoms with Crippen LogP contribution >= 0.6 is 7.14 Å². The number of morpholine rings is 1. The summed E-state index contributed by atoms with van der Waals surface area (Å²) in [6.07, 6.45) is -0.537. The molecule has 0 radical (unpaired) electrons. The van der Waals surface area contributed by atoms with E-state index in [1.54, 1.807) is 0 Å². The Morgan fingerprint density at radius 1 is 1.23 bits per heavy atom. The molecule has 0 saturated carbocycles. The maximum atomic E-state index is 11.6. The fourth-order valence-electron chi connectivity index (χ4n) is 1.24. The van der Waals surface area contributed by atoms with Gasteiger partial charge < -0.3 is 19.5 Å². The quantitative estimate of drug-likeness (QED) is 0.613. The molecule has 2 N–H and O–H groups in total. The third kappa shape index (κ3) is 3.37. The van der Waals surface area contributed by atoms with E-state index >= 15 is 0 Å². The van der Waals surface area contributed by atoms with Crippen LogP contribution in [0.4, 0.5) is 0 Å². The molecule has 0 atom stereocenters. The predicted octanol–water partition coefficient (Wildman–Crippen LogP) is -0.461. The molecular weight excluding hydrogens is 193 g/mol. The van der Waals surface area contributed by atoms with Crippen molar-refractivity contribution >= 4 is 7.14 Å². The molecule has 0 amide bonds. The molecule has 1 aliphatic rings. The average molecular weight is 209 g/mol. The van der Waals surface area contributed by atoms with Crippen LogP contribution in [0.2, 0.25) is 0 Å². The summed E-state index contributed by atoms with van der Waals surface area (Å²) < 4.78 is 16.8. The van der Waals surface area contributed by atoms with Crippen molar-refractivity contribution < 1.29 is 19.5 Å². The summed E-state index contributed by atoms with van der Waals surface area (Å²) in [7, 11) is -2.77. The maximum absolute atomic E-state index is 11.6. The van der Waals surface area contributed by atoms with E-state index in [0.717, 1.165) is 13.1 Å². The first kappa shape index (κ1) is 11.1. The summed E-state index contributed by atoms with van der Waals surface area (Å²) in [5.74, 6) is 0. The van der Waals surface area contributed by atoms with Crippen molar-refractivity contribution in [2.75, 3.05) is 45.3 Å². The van der Waals surface area contributed by atoms with Gasteiger partial charge in [-0.3, -0.25) is 4.90 Å². The molecule has 1 heterocycles. The topological polar surface area (TPSA) is 70.0 Å². The lowest BCUT2D eigenvalue weighted by Crippen LogP contribution is -2.37. The van der Waals surface area contributed by atoms with Gasteiger partial charge in [0.05, 0.1) is 32.2 Å². The van der Waals surface area contributed by atoms with E-state index in [0.29, 0.717) is 19.5 Å². The molecular formula is C7H16NO4P. The van der Waals surface area contributed by atoms with Crippen molar-refractivity contribution in [1.29, 1.82) is 0 Å². The minimum Gasteiger partial charge on any atom is -0.389 e. The highest BCUT2D eigenvalue weighted by Crippen LogP contribution is 2.43. The first-order valence-electron chi connectivity index (χ1n) is 4.29. The number of hydrogen-bond donors (Lipinski definition) is 2. The summed E-state index contributed by atoms with van der Waals surface area (Å²) >= 11 is 0. The van der Waals surface area contributed by atoms with Gasteiger partial charge in [0, 0.05) is 13.1 Å². The molecule has 0 bridgehead atoms. The third-order valence-corrected chi connectivity index (χ3v) is 4.02. The normalized spacial score (nSPS) is 20.5. The van der Waals surface area contributed by atoms with Crippen LogP contribution in [0.5, 0.6) is 0 Å². The molecule has 1 fully saturated rings. The number of nitrogens with zero attached hydrogens (tertiary/aromatic N) is 1. The fourth-order valence-corrected chi connectivity index (χ4v) is 2.52. The Bertz CT molecular complexity index is 185. The van der Waals surface area contributed by atoms with Crippen molar-refractivity contribution in [2.45, 2.75) is 0 Å². The van der Waals surface area contributed by atoms with Crippen LogP contribution in [0.3, 0.4) is 0 Å². The van der Waals surface area contributed by atoms with Crippen molar-refractivity contribution in [3.63, 3.8) is 0 Å². The Kier molecular flexibility index (Phi) is 4.35. The number of aliphatic hydroxyl groups excluding tert-OH is 2. The van der Waals surface area contributed by atoms with Crippen molar-refractivity contribution in [3.8, 4) is 0 Å². The fraction of sp³-hybridized carbons (Fsp3) is 1.00. The Balaban J connectivity index is 2.40. The lowest BCUT2D eigenvalue weighted by atomic mass is 10.5. The zero-order valence-corrected chi connectivity index (χ0v) is 8.45. The van der Waals surface area contributed by atoms with Gasteiger partial charge in [-0.2, -0.15) is 0 Å². The van der Waals surface area contributed by atoms with Gasteiger partial charge >= 0.3 is 0 Å². The second-order valence-electron chi connectivity index (χ2n) is 3.21. The Hall–Kier alpha value is 0.0700. The smallest absolute Gasteiger partial charge is 0.149 e. The van der Waals surface area contributed by atoms with E-state index in [-0.39, 0.29) is 0 Å². The second kappa shape index (κ2) is 5.08. The molecule has 0 aromatic carbocycles. The van der Waals surface area contributed by atoms with Crippen LogP contribution in [-0.2, 0) is 9.30 Å². The van der Waals surface area contributed by atoms with Crippen molar-refractivity contribution in [1.82, 2.24) is 4.90 Å². The first-order valence-corrected chi connectivity index (χ1v) is 6.55. The molecule has 1 aliphatic heterocycles. The van der Waals surface area contributed by atoms with Crippen LogP contribution in [0.1, 0.15) is 0 Å². The third-order valence-electron chi connectivity index (χ3n) is 2.08. The van der Waals surface area contributed by atoms with E-state index < -0.39 is 19.8 Å². The highest BCUT2D eigenvalue weighted by molar-refractivity contribution is 7.63. The highest BCUT2D eigenvalue weighted by atomic mass is 31.2. The monoisotopic (exact) mass is 209 g/mol. The van der Waals surface area contributed by atoms with Crippen molar-refractivity contribution in [2.24, 2.45) is 0 Å². The van der Waals surface area contributed by atoms with Gasteiger partial charge in [-0.25, -0.2) is 0 Å². The largest absolute Gasteiger partial charge is 0.389 e. The van der Waals surface area contributed by atoms with E-state index in [4.69, 9.17) is 14.9 Å². The predicted molar refractivity (Wildman–Crippen MR) is 49.0 cm³/mol. The Labute approximate surface area is 77.7 Å². The maximum Gasteiger partial charge on any atom is 0.149 e. The van der Waals surface area contributed by atoms with Gasteiger partial charge in [0.1, 0.15) is 7.14 Å². The van der Waals surface area contributed by atoms with Gasteiger partial charge in [-0.15, -0.1) is 0 Å². The molecule has 6 heteroatoms. The molecule has 0 aromatic heterocycles. The molecule has 1 saturated heterocycles. The van der Waals surface area contributed by atoms with Gasteiger partial charge in [-0.05, 0) is 0 Å². The Morgan fingerprint density at radius 3 is 2.23 bits per heavy atom. The summed E-state index contributed by atoms with van der Waals surface area (Å²) in [6.45, 7) is 2.72. The molecule has 1 rings (SSSR count). The molecule has 0 aliphatic carbocycles. The minimum absolute atomic E-state index is 0.295. The number of aliphatic hydroxyl groups is 2. The number of ether oxygens (including phenoxy) is 1. The standard InChI is InChI=1S/C7H16NO4P/c9-6-13(11,7-10)5-8-1-3-12-4-2-8/h9-10H,1-7H2. The van der Waals surface area contributed by atoms with Gasteiger partial charge in [0.25, 0.3) is 0 Å². The number of hydrogen-bond acceptors (Lipinski definition) is 5. The van der Waals surface area contributed by atoms with Gasteiger partial charge in [0.15, 0.2) is 0 Å². The minimum atomic E-state index is -2.77. The van der Waals surface area contributed by atoms with Gasteiger partial charge in [-0.1, -0.05) is 0 Å². The van der Waals surface area contributed by atoms with E-state index in [9.17, 15) is 4.57 Å². The lowest BCUT2D eigenvalue weighted by molar-refractivity contribution is 0.0457. The van der Waals surface area contributed by atoms with Gasteiger partial charge in [0.2, 0.25) is 0 Å². The molecule has 0 aromatic rings. The SMILES string of the molecule is O=P(CO)(CO)CN1CCOCC1. The Morgan fingerprint density at radius 2 is 1.77 bits per heavy atom. The van der Waals surface area contributed by atoms with Crippen molar-refractivity contribution in [3.05, 3.63) is 0 Å². The van der Waals surface area contributed by atoms with Crippen LogP contribution in [-0.4, -0.2) is 60.4 Å². The summed E-state index contributed by atoms with van der Waals surface area (Å²) in [5, 5.41) is 17.7. The van der Waals surface area contributed by atoms with Crippen LogP contribution < -0.4 is 0 Å². The summed E-state index contributed by atoms with van der Waals surface area (Å²) in [5.41, 5.74) is 0. The summed E-state index contributed by atoms with van der Waals surface area (Å²) in [6, 6.07) is 0. The number of rotatable bonds is 4. The zero-order valence-electron chi connectivity index (χ0n) is 7.56. The van der Waals surface area contributed by atoms with Crippen LogP contribution in [0, 0.1) is 0 Å². The van der Waals surface area contributed by atoms with E-state index in [1.165, 1.54) is 0 Å². The van der Waals surface area contributed by atoms with Crippen LogP contribution in [0.15, 0.2) is 0 Å². The van der Waals surface area contributed by atoms with Crippen LogP contribution in [0.25, 0.3) is 0 Å². The zero-order chi connectivity index (χ0) is 9.73. The molecule has 13 heavy (non-hydrogen) atoms. The summed E-state index contributed by atoms with van der Waals surface area (Å²) in [4.78, 5) is 1.96. The molecule has 0 unspecified atom stereocenters. The molecule has 5 nitrogen and oxygen atoms in total. The first-order chi connectivity index (χ1) is 6.20. The highest BCUT2D eigenvalue weighted by Gasteiger charge is 2.24. The van der Waals surface area contributed by atoms with E-state index in [2.05, 4.69) is 0 Å². The average Bonchev–Trinajstić information content (AvgIpc) is 2.19. The molecule has 78 valence electrons. The molecule has 0 spiro atoms. The second-order valence-corrected chi connectivity index (χ2v) is 6.18.